The van der Waals surface area contributed by atoms with E-state index >= 15 is 0 Å². The number of hydrogen-bond acceptors (Lipinski definition) is 5. The van der Waals surface area contributed by atoms with Gasteiger partial charge in [-0.25, -0.2) is 0 Å². The SMILES string of the molecule is COC1(CNC(=O)c2cccc([N+](=O)[O-])c2)CCSC1. The van der Waals surface area contributed by atoms with Gasteiger partial charge < -0.3 is 10.1 Å². The molecule has 2 rings (SSSR count). The molecule has 1 fully saturated rings. The quantitative estimate of drug-likeness (QED) is 0.662. The minimum Gasteiger partial charge on any atom is -0.376 e. The van der Waals surface area contributed by atoms with Crippen molar-refractivity contribution in [2.45, 2.75) is 12.0 Å². The van der Waals surface area contributed by atoms with E-state index in [4.69, 9.17) is 4.74 Å². The fraction of sp³-hybridized carbons (Fsp3) is 0.462. The van der Waals surface area contributed by atoms with Crippen LogP contribution in [-0.4, -0.2) is 41.6 Å². The summed E-state index contributed by atoms with van der Waals surface area (Å²) >= 11 is 1.79. The lowest BCUT2D eigenvalue weighted by Crippen LogP contribution is -2.44. The molecule has 1 amide bonds. The summed E-state index contributed by atoms with van der Waals surface area (Å²) < 4.78 is 5.50. The smallest absolute Gasteiger partial charge is 0.270 e. The molecule has 7 heteroatoms. The Balaban J connectivity index is 2.01. The van der Waals surface area contributed by atoms with Crippen molar-refractivity contribution >= 4 is 23.4 Å². The van der Waals surface area contributed by atoms with Gasteiger partial charge in [-0.15, -0.1) is 0 Å². The van der Waals surface area contributed by atoms with Crippen molar-refractivity contribution < 1.29 is 14.5 Å². The second kappa shape index (κ2) is 6.23. The molecule has 1 N–H and O–H groups in total. The number of ether oxygens (including phenoxy) is 1. The molecule has 1 heterocycles. The Labute approximate surface area is 121 Å². The summed E-state index contributed by atoms with van der Waals surface area (Å²) in [6, 6.07) is 5.70. The van der Waals surface area contributed by atoms with E-state index in [1.165, 1.54) is 18.2 Å². The summed E-state index contributed by atoms with van der Waals surface area (Å²) in [4.78, 5) is 22.2. The minimum atomic E-state index is -0.513. The van der Waals surface area contributed by atoms with E-state index in [0.717, 1.165) is 17.9 Å². The van der Waals surface area contributed by atoms with E-state index in [2.05, 4.69) is 5.32 Å². The molecule has 0 aliphatic carbocycles. The van der Waals surface area contributed by atoms with Crippen LogP contribution < -0.4 is 5.32 Å². The molecule has 1 saturated heterocycles. The number of hydrogen-bond donors (Lipinski definition) is 1. The van der Waals surface area contributed by atoms with Crippen LogP contribution in [0, 0.1) is 10.1 Å². The molecular weight excluding hydrogens is 280 g/mol. The van der Waals surface area contributed by atoms with Crippen molar-refractivity contribution in [3.8, 4) is 0 Å². The summed E-state index contributed by atoms with van der Waals surface area (Å²) in [5, 5.41) is 13.5. The molecule has 0 spiro atoms. The average molecular weight is 296 g/mol. The number of methoxy groups -OCH3 is 1. The van der Waals surface area contributed by atoms with Gasteiger partial charge in [0.15, 0.2) is 0 Å². The minimum absolute atomic E-state index is 0.0875. The molecule has 0 aromatic heterocycles. The average Bonchev–Trinajstić information content (AvgIpc) is 2.94. The number of carbonyl (C=O) groups excluding carboxylic acids is 1. The standard InChI is InChI=1S/C13H16N2O4S/c1-19-13(5-6-20-9-13)8-14-12(16)10-3-2-4-11(7-10)15(17)18/h2-4,7H,5-6,8-9H2,1H3,(H,14,16). The molecular formula is C13H16N2O4S. The van der Waals surface area contributed by atoms with Crippen LogP contribution in [0.5, 0.6) is 0 Å². The van der Waals surface area contributed by atoms with Gasteiger partial charge >= 0.3 is 0 Å². The van der Waals surface area contributed by atoms with Gasteiger partial charge in [-0.1, -0.05) is 6.07 Å². The third-order valence-electron chi connectivity index (χ3n) is 3.39. The lowest BCUT2D eigenvalue weighted by molar-refractivity contribution is -0.384. The van der Waals surface area contributed by atoms with Crippen molar-refractivity contribution in [1.29, 1.82) is 0 Å². The Morgan fingerprint density at radius 2 is 2.40 bits per heavy atom. The third-order valence-corrected chi connectivity index (χ3v) is 4.61. The first kappa shape index (κ1) is 14.8. The topological polar surface area (TPSA) is 81.5 Å². The zero-order valence-electron chi connectivity index (χ0n) is 11.1. The highest BCUT2D eigenvalue weighted by molar-refractivity contribution is 7.99. The van der Waals surface area contributed by atoms with E-state index in [1.54, 1.807) is 24.9 Å². The van der Waals surface area contributed by atoms with Gasteiger partial charge in [0.05, 0.1) is 10.5 Å². The monoisotopic (exact) mass is 296 g/mol. The third kappa shape index (κ3) is 3.29. The maximum atomic E-state index is 12.0. The van der Waals surface area contributed by atoms with Crippen LogP contribution in [0.1, 0.15) is 16.8 Å². The number of nitrogens with zero attached hydrogens (tertiary/aromatic N) is 1. The first-order valence-electron chi connectivity index (χ1n) is 6.22. The second-order valence-electron chi connectivity index (χ2n) is 4.68. The predicted octanol–water partition coefficient (Wildman–Crippen LogP) is 1.85. The maximum absolute atomic E-state index is 12.0. The Kier molecular flexibility index (Phi) is 4.61. The fourth-order valence-corrected chi connectivity index (χ4v) is 3.46. The number of nitrogens with one attached hydrogen (secondary N) is 1. The molecule has 1 atom stereocenters. The van der Waals surface area contributed by atoms with Gasteiger partial charge in [-0.2, -0.15) is 11.8 Å². The van der Waals surface area contributed by atoms with Crippen LogP contribution >= 0.6 is 11.8 Å². The van der Waals surface area contributed by atoms with Gasteiger partial charge in [0.25, 0.3) is 11.6 Å². The summed E-state index contributed by atoms with van der Waals surface area (Å²) in [7, 11) is 1.64. The molecule has 6 nitrogen and oxygen atoms in total. The number of nitro benzene ring substituents is 1. The van der Waals surface area contributed by atoms with Crippen LogP contribution in [-0.2, 0) is 4.74 Å². The summed E-state index contributed by atoms with van der Waals surface area (Å²) in [5.74, 6) is 1.54. The maximum Gasteiger partial charge on any atom is 0.270 e. The number of rotatable bonds is 5. The molecule has 1 aliphatic heterocycles. The second-order valence-corrected chi connectivity index (χ2v) is 5.79. The Morgan fingerprint density at radius 3 is 3.00 bits per heavy atom. The van der Waals surface area contributed by atoms with Crippen LogP contribution in [0.2, 0.25) is 0 Å². The normalized spacial score (nSPS) is 21.6. The molecule has 0 radical (unpaired) electrons. The van der Waals surface area contributed by atoms with Crippen LogP contribution in [0.3, 0.4) is 0 Å². The highest BCUT2D eigenvalue weighted by Gasteiger charge is 2.34. The van der Waals surface area contributed by atoms with Gasteiger partial charge in [-0.05, 0) is 18.2 Å². The molecule has 108 valence electrons. The van der Waals surface area contributed by atoms with Gasteiger partial charge in [0.1, 0.15) is 0 Å². The number of carbonyl (C=O) groups is 1. The van der Waals surface area contributed by atoms with Gasteiger partial charge in [0, 0.05) is 37.1 Å². The van der Waals surface area contributed by atoms with Crippen molar-refractivity contribution in [2.75, 3.05) is 25.2 Å². The number of benzene rings is 1. The molecule has 1 unspecified atom stereocenters. The van der Waals surface area contributed by atoms with Crippen LogP contribution in [0.15, 0.2) is 24.3 Å². The largest absolute Gasteiger partial charge is 0.376 e. The lowest BCUT2D eigenvalue weighted by Gasteiger charge is -2.26. The first-order chi connectivity index (χ1) is 9.56. The lowest BCUT2D eigenvalue weighted by atomic mass is 10.0. The number of nitro groups is 1. The Morgan fingerprint density at radius 1 is 1.60 bits per heavy atom. The van der Waals surface area contributed by atoms with E-state index < -0.39 is 4.92 Å². The predicted molar refractivity (Wildman–Crippen MR) is 77.1 cm³/mol. The molecule has 0 saturated carbocycles. The molecule has 1 aliphatic rings. The summed E-state index contributed by atoms with van der Waals surface area (Å²) in [6.07, 6.45) is 0.892. The summed E-state index contributed by atoms with van der Waals surface area (Å²) in [5.41, 5.74) is -0.118. The molecule has 1 aromatic rings. The number of thioether (sulfide) groups is 1. The number of non-ortho nitro benzene ring substituents is 1. The highest BCUT2D eigenvalue weighted by atomic mass is 32.2. The van der Waals surface area contributed by atoms with E-state index in [0.29, 0.717) is 6.54 Å². The fourth-order valence-electron chi connectivity index (χ4n) is 2.07. The molecule has 20 heavy (non-hydrogen) atoms. The van der Waals surface area contributed by atoms with E-state index in [-0.39, 0.29) is 22.8 Å². The molecule has 1 aromatic carbocycles. The van der Waals surface area contributed by atoms with Crippen molar-refractivity contribution in [3.63, 3.8) is 0 Å². The van der Waals surface area contributed by atoms with Crippen molar-refractivity contribution in [2.24, 2.45) is 0 Å². The van der Waals surface area contributed by atoms with Crippen LogP contribution in [0.25, 0.3) is 0 Å². The summed E-state index contributed by atoms with van der Waals surface area (Å²) in [6.45, 7) is 0.415. The number of amides is 1. The van der Waals surface area contributed by atoms with Crippen molar-refractivity contribution in [3.05, 3.63) is 39.9 Å². The Hall–Kier alpha value is -1.60. The van der Waals surface area contributed by atoms with E-state index in [9.17, 15) is 14.9 Å². The zero-order valence-corrected chi connectivity index (χ0v) is 11.9. The highest BCUT2D eigenvalue weighted by Crippen LogP contribution is 2.30. The first-order valence-corrected chi connectivity index (χ1v) is 7.37. The zero-order chi connectivity index (χ0) is 14.6. The van der Waals surface area contributed by atoms with Crippen molar-refractivity contribution in [1.82, 2.24) is 5.32 Å². The molecule has 0 bridgehead atoms. The van der Waals surface area contributed by atoms with Gasteiger partial charge in [0.2, 0.25) is 0 Å². The van der Waals surface area contributed by atoms with Gasteiger partial charge in [-0.3, -0.25) is 14.9 Å². The Bertz CT molecular complexity index is 515. The van der Waals surface area contributed by atoms with Crippen LogP contribution in [0.4, 0.5) is 5.69 Å². The van der Waals surface area contributed by atoms with E-state index in [1.807, 2.05) is 0 Å².